The highest BCUT2D eigenvalue weighted by Crippen LogP contribution is 2.36. The number of anilines is 1. The fourth-order valence-corrected chi connectivity index (χ4v) is 2.52. The molecule has 1 atom stereocenters. The van der Waals surface area contributed by atoms with Crippen molar-refractivity contribution in [3.63, 3.8) is 0 Å². The molecule has 0 aliphatic heterocycles. The van der Waals surface area contributed by atoms with Crippen LogP contribution in [0.1, 0.15) is 17.0 Å². The summed E-state index contributed by atoms with van der Waals surface area (Å²) in [6.07, 6.45) is 0.767. The fourth-order valence-electron chi connectivity index (χ4n) is 2.52. The maximum atomic E-state index is 12.4. The number of carbonyl (C=O) groups excluding carboxylic acids is 1. The Labute approximate surface area is 123 Å². The largest absolute Gasteiger partial charge is 0.477 e. The normalized spacial score (nSPS) is 15.3. The summed E-state index contributed by atoms with van der Waals surface area (Å²) in [5.41, 5.74) is 2.92. The lowest BCUT2D eigenvalue weighted by Crippen LogP contribution is -2.30. The molecule has 1 unspecified atom stereocenters. The van der Waals surface area contributed by atoms with E-state index in [1.807, 2.05) is 36.4 Å². The van der Waals surface area contributed by atoms with E-state index < -0.39 is 0 Å². The third kappa shape index (κ3) is 2.59. The monoisotopic (exact) mass is 278 g/mol. The molecule has 0 saturated carbocycles. The van der Waals surface area contributed by atoms with E-state index in [1.54, 1.807) is 18.2 Å². The molecule has 104 valence electrons. The Bertz CT molecular complexity index is 719. The van der Waals surface area contributed by atoms with Gasteiger partial charge >= 0.3 is 0 Å². The Kier molecular flexibility index (Phi) is 3.57. The number of hydrogen-bond acceptors (Lipinski definition) is 3. The maximum Gasteiger partial charge on any atom is 0.232 e. The van der Waals surface area contributed by atoms with Gasteiger partial charge in [-0.2, -0.15) is 5.26 Å². The quantitative estimate of drug-likeness (QED) is 0.935. The van der Waals surface area contributed by atoms with E-state index >= 15 is 0 Å². The Morgan fingerprint density at radius 1 is 1.24 bits per heavy atom. The lowest BCUT2D eigenvalue weighted by Gasteiger charge is -2.29. The highest BCUT2D eigenvalue weighted by molar-refractivity contribution is 5.98. The van der Waals surface area contributed by atoms with Crippen LogP contribution in [-0.2, 0) is 11.2 Å². The first-order valence-electron chi connectivity index (χ1n) is 6.77. The second kappa shape index (κ2) is 5.68. The van der Waals surface area contributed by atoms with Crippen molar-refractivity contribution in [1.82, 2.24) is 0 Å². The zero-order chi connectivity index (χ0) is 14.7. The van der Waals surface area contributed by atoms with Crippen LogP contribution in [0.25, 0.3) is 0 Å². The summed E-state index contributed by atoms with van der Waals surface area (Å²) in [5, 5.41) is 11.5. The predicted octanol–water partition coefficient (Wildman–Crippen LogP) is 2.87. The van der Waals surface area contributed by atoms with Crippen molar-refractivity contribution in [2.75, 3.05) is 11.9 Å². The van der Waals surface area contributed by atoms with E-state index in [-0.39, 0.29) is 18.4 Å². The van der Waals surface area contributed by atoms with E-state index in [1.165, 1.54) is 5.56 Å². The zero-order valence-electron chi connectivity index (χ0n) is 11.4. The summed E-state index contributed by atoms with van der Waals surface area (Å²) in [5.74, 6) is 0.368. The molecule has 0 radical (unpaired) electrons. The summed E-state index contributed by atoms with van der Waals surface area (Å²) in [4.78, 5) is 12.4. The maximum absolute atomic E-state index is 12.4. The first-order valence-corrected chi connectivity index (χ1v) is 6.77. The third-order valence-corrected chi connectivity index (χ3v) is 3.61. The predicted molar refractivity (Wildman–Crippen MR) is 79.1 cm³/mol. The van der Waals surface area contributed by atoms with Crippen LogP contribution >= 0.6 is 0 Å². The van der Waals surface area contributed by atoms with Crippen LogP contribution in [0.3, 0.4) is 0 Å². The van der Waals surface area contributed by atoms with Gasteiger partial charge in [0.2, 0.25) is 5.91 Å². The molecule has 1 N–H and O–H groups in total. The minimum Gasteiger partial charge on any atom is -0.477 e. The summed E-state index contributed by atoms with van der Waals surface area (Å²) < 4.78 is 5.31. The third-order valence-electron chi connectivity index (χ3n) is 3.61. The number of nitrogens with zero attached hydrogens (tertiary/aromatic N) is 1. The topological polar surface area (TPSA) is 62.1 Å². The van der Waals surface area contributed by atoms with Gasteiger partial charge in [-0.05, 0) is 29.7 Å². The number of nitriles is 1. The van der Waals surface area contributed by atoms with Gasteiger partial charge in [-0.1, -0.05) is 36.4 Å². The molecule has 0 heterocycles. The second-order valence-electron chi connectivity index (χ2n) is 4.89. The zero-order valence-corrected chi connectivity index (χ0v) is 11.4. The minimum absolute atomic E-state index is 0.0401. The molecule has 21 heavy (non-hydrogen) atoms. The van der Waals surface area contributed by atoms with Crippen LogP contribution < -0.4 is 10.1 Å². The van der Waals surface area contributed by atoms with Crippen molar-refractivity contribution in [2.45, 2.75) is 12.3 Å². The molecule has 0 aromatic heterocycles. The Balaban J connectivity index is 1.73. The SMILES string of the molecule is N#CCOc1ccccc1NC(=O)C1Cc2ccccc21. The van der Waals surface area contributed by atoms with Crippen LogP contribution in [0, 0.1) is 11.3 Å². The molecule has 4 nitrogen and oxygen atoms in total. The molecule has 1 aliphatic carbocycles. The molecule has 0 bridgehead atoms. The standard InChI is InChI=1S/C17H14N2O2/c18-9-10-21-16-8-4-3-7-15(16)19-17(20)14-11-12-5-1-2-6-13(12)14/h1-8,14H,10-11H2,(H,19,20). The number of benzene rings is 2. The van der Waals surface area contributed by atoms with E-state index in [9.17, 15) is 4.79 Å². The average Bonchev–Trinajstić information content (AvgIpc) is 2.47. The lowest BCUT2D eigenvalue weighted by molar-refractivity contribution is -0.118. The van der Waals surface area contributed by atoms with Gasteiger partial charge in [-0.3, -0.25) is 4.79 Å². The van der Waals surface area contributed by atoms with Crippen molar-refractivity contribution in [3.05, 3.63) is 59.7 Å². The smallest absolute Gasteiger partial charge is 0.232 e. The molecule has 0 spiro atoms. The van der Waals surface area contributed by atoms with Crippen LogP contribution in [0.5, 0.6) is 5.75 Å². The van der Waals surface area contributed by atoms with E-state index in [4.69, 9.17) is 10.00 Å². The van der Waals surface area contributed by atoms with E-state index in [0.717, 1.165) is 12.0 Å². The number of para-hydroxylation sites is 2. The van der Waals surface area contributed by atoms with Crippen molar-refractivity contribution in [1.29, 1.82) is 5.26 Å². The number of rotatable bonds is 4. The summed E-state index contributed by atoms with van der Waals surface area (Å²) in [6.45, 7) is -0.0425. The number of hydrogen-bond donors (Lipinski definition) is 1. The van der Waals surface area contributed by atoms with Crippen LogP contribution in [0.4, 0.5) is 5.69 Å². The van der Waals surface area contributed by atoms with Gasteiger partial charge in [-0.25, -0.2) is 0 Å². The Morgan fingerprint density at radius 3 is 2.81 bits per heavy atom. The summed E-state index contributed by atoms with van der Waals surface area (Å²) in [6, 6.07) is 17.0. The van der Waals surface area contributed by atoms with Gasteiger partial charge in [0.1, 0.15) is 11.8 Å². The van der Waals surface area contributed by atoms with Crippen LogP contribution in [-0.4, -0.2) is 12.5 Å². The van der Waals surface area contributed by atoms with Crippen LogP contribution in [0.2, 0.25) is 0 Å². The van der Waals surface area contributed by atoms with Crippen molar-refractivity contribution >= 4 is 11.6 Å². The molecular formula is C17H14N2O2. The number of ether oxygens (including phenoxy) is 1. The number of fused-ring (bicyclic) bond motifs is 1. The number of nitrogens with one attached hydrogen (secondary N) is 1. The molecule has 2 aromatic rings. The molecule has 0 saturated heterocycles. The second-order valence-corrected chi connectivity index (χ2v) is 4.89. The number of carbonyl (C=O) groups is 1. The minimum atomic E-state index is -0.106. The molecule has 2 aromatic carbocycles. The highest BCUT2D eigenvalue weighted by atomic mass is 16.5. The van der Waals surface area contributed by atoms with Gasteiger partial charge in [0, 0.05) is 0 Å². The van der Waals surface area contributed by atoms with Gasteiger partial charge < -0.3 is 10.1 Å². The first-order chi connectivity index (χ1) is 10.3. The highest BCUT2D eigenvalue weighted by Gasteiger charge is 2.31. The lowest BCUT2D eigenvalue weighted by atomic mass is 9.77. The van der Waals surface area contributed by atoms with E-state index in [2.05, 4.69) is 5.32 Å². The molecular weight excluding hydrogens is 264 g/mol. The summed E-state index contributed by atoms with van der Waals surface area (Å²) in [7, 11) is 0. The van der Waals surface area contributed by atoms with Gasteiger partial charge in [-0.15, -0.1) is 0 Å². The van der Waals surface area contributed by atoms with Gasteiger partial charge in [0.05, 0.1) is 11.6 Å². The molecule has 1 aliphatic rings. The van der Waals surface area contributed by atoms with E-state index in [0.29, 0.717) is 11.4 Å². The first kappa shape index (κ1) is 13.2. The molecule has 0 fully saturated rings. The summed E-state index contributed by atoms with van der Waals surface area (Å²) >= 11 is 0. The van der Waals surface area contributed by atoms with Crippen LogP contribution in [0.15, 0.2) is 48.5 Å². The Morgan fingerprint density at radius 2 is 2.00 bits per heavy atom. The molecule has 3 rings (SSSR count). The molecule has 4 heteroatoms. The van der Waals surface area contributed by atoms with Gasteiger partial charge in [0.15, 0.2) is 6.61 Å². The fraction of sp³-hybridized carbons (Fsp3) is 0.176. The number of amides is 1. The van der Waals surface area contributed by atoms with Crippen molar-refractivity contribution in [2.24, 2.45) is 0 Å². The van der Waals surface area contributed by atoms with Crippen molar-refractivity contribution in [3.8, 4) is 11.8 Å². The van der Waals surface area contributed by atoms with Crippen molar-refractivity contribution < 1.29 is 9.53 Å². The van der Waals surface area contributed by atoms with Gasteiger partial charge in [0.25, 0.3) is 0 Å². The Hall–Kier alpha value is -2.80. The molecule has 1 amide bonds. The average molecular weight is 278 g/mol.